The molecule has 2 aromatic carbocycles. The van der Waals surface area contributed by atoms with Gasteiger partial charge in [-0.3, -0.25) is 5.92 Å². The average Bonchev–Trinajstić information content (AvgIpc) is 2.38. The zero-order chi connectivity index (χ0) is 11.2. The number of benzene rings is 2. The molecular weight excluding hydrogens is 344 g/mol. The molecule has 0 aliphatic carbocycles. The van der Waals surface area contributed by atoms with Gasteiger partial charge in [-0.2, -0.15) is 9.90 Å². The van der Waals surface area contributed by atoms with E-state index in [4.69, 9.17) is 6.42 Å². The molecule has 0 radical (unpaired) electrons. The van der Waals surface area contributed by atoms with Crippen molar-refractivity contribution < 1.29 is 20.4 Å². The number of rotatable bonds is 2. The van der Waals surface area contributed by atoms with Crippen LogP contribution >= 0.6 is 9.90 Å². The van der Waals surface area contributed by atoms with Gasteiger partial charge in [-0.1, -0.05) is 54.1 Å². The monoisotopic (exact) mass is 359 g/mol. The van der Waals surface area contributed by atoms with Crippen LogP contribution < -0.4 is 0 Å². The van der Waals surface area contributed by atoms with Crippen molar-refractivity contribution in [3.05, 3.63) is 80.1 Å². The Labute approximate surface area is 132 Å². The van der Waals surface area contributed by atoms with E-state index in [9.17, 15) is 0 Å². The standard InChI is InChI=1S/C15H10N.CH3.H3P.Pd/c1-2-15(13-9-5-3-6-10-13)16-14-11-7-4-8-12-14;;;/h3-12H;2*1H3;/q2*-1;;+2. The summed E-state index contributed by atoms with van der Waals surface area (Å²) >= 11 is 0. The summed E-state index contributed by atoms with van der Waals surface area (Å²) in [6.07, 6.45) is 7.27. The van der Waals surface area contributed by atoms with E-state index in [0.717, 1.165) is 11.3 Å². The Bertz CT molecular complexity index is 530. The first-order valence-corrected chi connectivity index (χ1v) is 5.02. The Kier molecular flexibility index (Phi) is 11.3. The molecular formula is C16H16NPPd. The third kappa shape index (κ3) is 5.96. The molecule has 100 valence electrons. The van der Waals surface area contributed by atoms with E-state index in [1.165, 1.54) is 0 Å². The van der Waals surface area contributed by atoms with Crippen LogP contribution in [-0.4, -0.2) is 5.71 Å². The van der Waals surface area contributed by atoms with Gasteiger partial charge in [-0.05, 0) is 17.8 Å². The fourth-order valence-electron chi connectivity index (χ4n) is 1.39. The van der Waals surface area contributed by atoms with Gasteiger partial charge in [0.2, 0.25) is 0 Å². The van der Waals surface area contributed by atoms with Crippen LogP contribution in [0, 0.1) is 19.8 Å². The molecule has 0 heterocycles. The van der Waals surface area contributed by atoms with Gasteiger partial charge in [-0.25, -0.2) is 0 Å². The zero-order valence-corrected chi connectivity index (χ0v) is 13.7. The summed E-state index contributed by atoms with van der Waals surface area (Å²) in [5.41, 5.74) is 2.29. The van der Waals surface area contributed by atoms with Crippen LogP contribution in [0.1, 0.15) is 5.56 Å². The molecule has 1 nitrogen and oxygen atoms in total. The summed E-state index contributed by atoms with van der Waals surface area (Å²) in [5, 5.41) is 0. The number of nitrogens with zero attached hydrogens (tertiary/aromatic N) is 1. The van der Waals surface area contributed by atoms with Crippen LogP contribution in [0.2, 0.25) is 0 Å². The van der Waals surface area contributed by atoms with Gasteiger partial charge in [0.25, 0.3) is 0 Å². The third-order valence-electron chi connectivity index (χ3n) is 2.16. The quantitative estimate of drug-likeness (QED) is 0.253. The van der Waals surface area contributed by atoms with Crippen LogP contribution in [-0.2, 0) is 20.4 Å². The first-order chi connectivity index (χ1) is 7.90. The topological polar surface area (TPSA) is 12.4 Å². The molecule has 2 aromatic rings. The predicted molar refractivity (Wildman–Crippen MR) is 83.7 cm³/mol. The molecule has 0 saturated heterocycles. The van der Waals surface area contributed by atoms with Gasteiger partial charge in [0.1, 0.15) is 0 Å². The van der Waals surface area contributed by atoms with Crippen molar-refractivity contribution >= 4 is 21.3 Å². The van der Waals surface area contributed by atoms with E-state index in [1.807, 2.05) is 60.7 Å². The van der Waals surface area contributed by atoms with Gasteiger partial charge in [0, 0.05) is 5.69 Å². The number of para-hydroxylation sites is 1. The summed E-state index contributed by atoms with van der Waals surface area (Å²) in [7, 11) is 0. The van der Waals surface area contributed by atoms with Gasteiger partial charge < -0.3 is 18.8 Å². The van der Waals surface area contributed by atoms with Gasteiger partial charge in [-0.15, -0.1) is 0 Å². The van der Waals surface area contributed by atoms with Crippen LogP contribution in [0.3, 0.4) is 0 Å². The minimum Gasteiger partial charge on any atom is -0.364 e. The summed E-state index contributed by atoms with van der Waals surface area (Å²) in [6, 6.07) is 19.2. The predicted octanol–water partition coefficient (Wildman–Crippen LogP) is 3.90. The molecule has 1 atom stereocenters. The molecule has 0 aromatic heterocycles. The Hall–Kier alpha value is -1.24. The maximum Gasteiger partial charge on any atom is 2.00 e. The fraction of sp³-hybridized carbons (Fsp3) is 0. The summed E-state index contributed by atoms with van der Waals surface area (Å²) in [6.45, 7) is 0. The zero-order valence-electron chi connectivity index (χ0n) is 10.7. The van der Waals surface area contributed by atoms with Gasteiger partial charge >= 0.3 is 20.4 Å². The second-order valence-corrected chi connectivity index (χ2v) is 3.29. The molecule has 0 saturated carbocycles. The molecule has 1 unspecified atom stereocenters. The smallest absolute Gasteiger partial charge is 0.364 e. The van der Waals surface area contributed by atoms with Crippen molar-refractivity contribution in [3.8, 4) is 5.92 Å². The van der Waals surface area contributed by atoms with Gasteiger partial charge in [0.15, 0.2) is 0 Å². The Morgan fingerprint density at radius 2 is 1.37 bits per heavy atom. The summed E-state index contributed by atoms with van der Waals surface area (Å²) in [4.78, 5) is 4.37. The summed E-state index contributed by atoms with van der Waals surface area (Å²) < 4.78 is 0. The number of hydrogen-bond acceptors (Lipinski definition) is 1. The van der Waals surface area contributed by atoms with Crippen molar-refractivity contribution in [1.82, 2.24) is 0 Å². The number of hydrogen-bond donors (Lipinski definition) is 0. The molecule has 0 spiro atoms. The largest absolute Gasteiger partial charge is 2.00 e. The second kappa shape index (κ2) is 10.7. The average molecular weight is 360 g/mol. The summed E-state index contributed by atoms with van der Waals surface area (Å²) in [5.74, 6) is 2.37. The minimum absolute atomic E-state index is 0. The Morgan fingerprint density at radius 1 is 0.895 bits per heavy atom. The Morgan fingerprint density at radius 3 is 1.84 bits per heavy atom. The van der Waals surface area contributed by atoms with E-state index in [1.54, 1.807) is 0 Å². The molecule has 0 amide bonds. The van der Waals surface area contributed by atoms with Gasteiger partial charge in [0.05, 0.1) is 0 Å². The SMILES string of the molecule is P.[C-]#CC(=Nc1ccccc1)c1ccccc1.[CH3-].[Pd+2]. The van der Waals surface area contributed by atoms with E-state index in [2.05, 4.69) is 10.9 Å². The van der Waals surface area contributed by atoms with E-state index in [-0.39, 0.29) is 37.7 Å². The third-order valence-corrected chi connectivity index (χ3v) is 2.16. The van der Waals surface area contributed by atoms with Crippen LogP contribution in [0.4, 0.5) is 5.69 Å². The minimum atomic E-state index is 0. The van der Waals surface area contributed by atoms with Crippen molar-refractivity contribution in [2.75, 3.05) is 0 Å². The van der Waals surface area contributed by atoms with Crippen molar-refractivity contribution in [3.63, 3.8) is 0 Å². The van der Waals surface area contributed by atoms with Crippen molar-refractivity contribution in [2.24, 2.45) is 4.99 Å². The maximum atomic E-state index is 7.27. The van der Waals surface area contributed by atoms with E-state index < -0.39 is 0 Å². The molecule has 3 heteroatoms. The molecule has 0 fully saturated rings. The van der Waals surface area contributed by atoms with Crippen LogP contribution in [0.25, 0.3) is 0 Å². The molecule has 0 aliphatic rings. The first-order valence-electron chi connectivity index (χ1n) is 5.02. The second-order valence-electron chi connectivity index (χ2n) is 3.29. The van der Waals surface area contributed by atoms with Crippen LogP contribution in [0.5, 0.6) is 0 Å². The maximum absolute atomic E-state index is 7.27. The fourth-order valence-corrected chi connectivity index (χ4v) is 1.39. The first kappa shape index (κ1) is 20.1. The Balaban J connectivity index is 0. The molecule has 0 N–H and O–H groups in total. The van der Waals surface area contributed by atoms with Crippen molar-refractivity contribution in [1.29, 1.82) is 0 Å². The molecule has 19 heavy (non-hydrogen) atoms. The number of aliphatic imine (C=N–C) groups is 1. The molecule has 0 bridgehead atoms. The van der Waals surface area contributed by atoms with E-state index in [0.29, 0.717) is 5.71 Å². The molecule has 2 rings (SSSR count). The molecule has 0 aliphatic heterocycles. The van der Waals surface area contributed by atoms with E-state index >= 15 is 0 Å². The van der Waals surface area contributed by atoms with Crippen LogP contribution in [0.15, 0.2) is 65.7 Å². The van der Waals surface area contributed by atoms with Crippen molar-refractivity contribution in [2.45, 2.75) is 0 Å². The normalized spacial score (nSPS) is 9.11.